The minimum absolute atomic E-state index is 0.0560. The Hall–Kier alpha value is -1.62. The molecule has 4 nitrogen and oxygen atoms in total. The van der Waals surface area contributed by atoms with Gasteiger partial charge in [-0.1, -0.05) is 11.3 Å². The molecule has 0 aliphatic carbocycles. The van der Waals surface area contributed by atoms with Gasteiger partial charge in [-0.15, -0.1) is 0 Å². The molecule has 0 fully saturated rings. The van der Waals surface area contributed by atoms with Crippen molar-refractivity contribution in [3.8, 4) is 0 Å². The average Bonchev–Trinajstić information content (AvgIpc) is 2.59. The number of benzene rings is 1. The summed E-state index contributed by atoms with van der Waals surface area (Å²) in [6.45, 7) is 4.46. The maximum Gasteiger partial charge on any atom is 0.251 e. The van der Waals surface area contributed by atoms with Crippen LogP contribution in [0.2, 0.25) is 0 Å². The number of hydrogen-bond acceptors (Lipinski definition) is 4. The van der Waals surface area contributed by atoms with E-state index in [4.69, 9.17) is 5.73 Å². The van der Waals surface area contributed by atoms with E-state index < -0.39 is 0 Å². The van der Waals surface area contributed by atoms with Crippen molar-refractivity contribution in [3.05, 3.63) is 23.3 Å². The molecular formula is C11H13N3OS. The zero-order valence-electron chi connectivity index (χ0n) is 9.20. The number of nitrogens with zero attached hydrogens (tertiary/aromatic N) is 1. The lowest BCUT2D eigenvalue weighted by atomic mass is 10.1. The largest absolute Gasteiger partial charge is 0.375 e. The van der Waals surface area contributed by atoms with E-state index in [0.29, 0.717) is 17.2 Å². The second-order valence-electron chi connectivity index (χ2n) is 3.55. The van der Waals surface area contributed by atoms with Crippen LogP contribution in [0.1, 0.15) is 22.8 Å². The third kappa shape index (κ3) is 1.86. The van der Waals surface area contributed by atoms with Crippen molar-refractivity contribution in [2.45, 2.75) is 13.8 Å². The Morgan fingerprint density at radius 3 is 3.00 bits per heavy atom. The number of aromatic nitrogens is 1. The van der Waals surface area contributed by atoms with Crippen molar-refractivity contribution in [1.82, 2.24) is 10.3 Å². The van der Waals surface area contributed by atoms with Crippen molar-refractivity contribution in [2.75, 3.05) is 12.3 Å². The van der Waals surface area contributed by atoms with Crippen LogP contribution in [-0.2, 0) is 0 Å². The first-order valence-corrected chi connectivity index (χ1v) is 5.88. The number of amides is 1. The monoisotopic (exact) mass is 235 g/mol. The van der Waals surface area contributed by atoms with E-state index in [1.165, 1.54) is 11.3 Å². The summed E-state index contributed by atoms with van der Waals surface area (Å²) in [7, 11) is 0. The number of nitrogens with two attached hydrogens (primary N) is 1. The van der Waals surface area contributed by atoms with Crippen LogP contribution in [0.25, 0.3) is 10.2 Å². The number of anilines is 1. The van der Waals surface area contributed by atoms with Crippen molar-refractivity contribution < 1.29 is 4.79 Å². The molecule has 2 rings (SSSR count). The SMILES string of the molecule is CCNC(=O)c1cc(C)c2nc(N)sc2c1. The van der Waals surface area contributed by atoms with E-state index in [-0.39, 0.29) is 5.91 Å². The first kappa shape index (κ1) is 10.9. The van der Waals surface area contributed by atoms with Crippen LogP contribution >= 0.6 is 11.3 Å². The van der Waals surface area contributed by atoms with Crippen molar-refractivity contribution in [3.63, 3.8) is 0 Å². The van der Waals surface area contributed by atoms with Gasteiger partial charge in [0.25, 0.3) is 5.91 Å². The van der Waals surface area contributed by atoms with Crippen LogP contribution in [0, 0.1) is 6.92 Å². The van der Waals surface area contributed by atoms with Crippen molar-refractivity contribution in [1.29, 1.82) is 0 Å². The molecular weight excluding hydrogens is 222 g/mol. The molecule has 0 spiro atoms. The van der Waals surface area contributed by atoms with E-state index in [1.807, 2.05) is 26.0 Å². The van der Waals surface area contributed by atoms with Gasteiger partial charge in [-0.25, -0.2) is 4.98 Å². The lowest BCUT2D eigenvalue weighted by molar-refractivity contribution is 0.0956. The lowest BCUT2D eigenvalue weighted by Crippen LogP contribution is -2.22. The van der Waals surface area contributed by atoms with Crippen molar-refractivity contribution >= 4 is 32.6 Å². The summed E-state index contributed by atoms with van der Waals surface area (Å²) in [5, 5.41) is 3.31. The fraction of sp³-hybridized carbons (Fsp3) is 0.273. The summed E-state index contributed by atoms with van der Waals surface area (Å²) < 4.78 is 0.957. The van der Waals surface area contributed by atoms with E-state index in [9.17, 15) is 4.79 Å². The molecule has 0 aliphatic rings. The van der Waals surface area contributed by atoms with Crippen LogP contribution in [0.3, 0.4) is 0 Å². The Kier molecular flexibility index (Phi) is 2.78. The number of nitrogen functional groups attached to an aromatic ring is 1. The molecule has 1 aromatic carbocycles. The van der Waals surface area contributed by atoms with Gasteiger partial charge in [0.15, 0.2) is 5.13 Å². The van der Waals surface area contributed by atoms with Gasteiger partial charge in [-0.3, -0.25) is 4.79 Å². The highest BCUT2D eigenvalue weighted by molar-refractivity contribution is 7.22. The summed E-state index contributed by atoms with van der Waals surface area (Å²) in [4.78, 5) is 15.9. The fourth-order valence-corrected chi connectivity index (χ4v) is 2.46. The van der Waals surface area contributed by atoms with Crippen LogP contribution in [-0.4, -0.2) is 17.4 Å². The summed E-state index contributed by atoms with van der Waals surface area (Å²) in [6, 6.07) is 3.67. The van der Waals surface area contributed by atoms with Gasteiger partial charge in [0.2, 0.25) is 0 Å². The predicted molar refractivity (Wildman–Crippen MR) is 66.8 cm³/mol. The summed E-state index contributed by atoms with van der Waals surface area (Å²) in [5.74, 6) is -0.0560. The molecule has 3 N–H and O–H groups in total. The number of rotatable bonds is 2. The van der Waals surface area contributed by atoms with Crippen LogP contribution in [0.15, 0.2) is 12.1 Å². The third-order valence-electron chi connectivity index (χ3n) is 2.30. The maximum absolute atomic E-state index is 11.7. The van der Waals surface area contributed by atoms with Crippen LogP contribution < -0.4 is 11.1 Å². The van der Waals surface area contributed by atoms with E-state index in [1.54, 1.807) is 0 Å². The molecule has 0 atom stereocenters. The Morgan fingerprint density at radius 2 is 2.31 bits per heavy atom. The number of thiazole rings is 1. The van der Waals surface area contributed by atoms with Gasteiger partial charge < -0.3 is 11.1 Å². The van der Waals surface area contributed by atoms with Gasteiger partial charge in [-0.2, -0.15) is 0 Å². The zero-order chi connectivity index (χ0) is 11.7. The topological polar surface area (TPSA) is 68.0 Å². The van der Waals surface area contributed by atoms with E-state index in [2.05, 4.69) is 10.3 Å². The second kappa shape index (κ2) is 4.09. The molecule has 0 saturated carbocycles. The Morgan fingerprint density at radius 1 is 1.56 bits per heavy atom. The number of aryl methyl sites for hydroxylation is 1. The smallest absolute Gasteiger partial charge is 0.251 e. The molecule has 5 heteroatoms. The molecule has 2 aromatic rings. The number of fused-ring (bicyclic) bond motifs is 1. The fourth-order valence-electron chi connectivity index (χ4n) is 1.61. The molecule has 84 valence electrons. The Bertz CT molecular complexity index is 547. The number of carbonyl (C=O) groups is 1. The zero-order valence-corrected chi connectivity index (χ0v) is 10.0. The minimum Gasteiger partial charge on any atom is -0.375 e. The normalized spacial score (nSPS) is 10.6. The summed E-state index contributed by atoms with van der Waals surface area (Å²) in [6.07, 6.45) is 0. The highest BCUT2D eigenvalue weighted by Gasteiger charge is 2.10. The molecule has 0 saturated heterocycles. The molecule has 0 aliphatic heterocycles. The van der Waals surface area contributed by atoms with Crippen LogP contribution in [0.4, 0.5) is 5.13 Å². The molecule has 1 amide bonds. The third-order valence-corrected chi connectivity index (χ3v) is 3.13. The first-order chi connectivity index (χ1) is 7.61. The van der Waals surface area contributed by atoms with Gasteiger partial charge in [0.05, 0.1) is 10.2 Å². The molecule has 0 bridgehead atoms. The maximum atomic E-state index is 11.7. The minimum atomic E-state index is -0.0560. The van der Waals surface area contributed by atoms with Crippen LogP contribution in [0.5, 0.6) is 0 Å². The molecule has 1 heterocycles. The quantitative estimate of drug-likeness (QED) is 0.835. The molecule has 0 radical (unpaired) electrons. The lowest BCUT2D eigenvalue weighted by Gasteiger charge is -2.03. The highest BCUT2D eigenvalue weighted by Crippen LogP contribution is 2.27. The highest BCUT2D eigenvalue weighted by atomic mass is 32.1. The number of hydrogen-bond donors (Lipinski definition) is 2. The predicted octanol–water partition coefficient (Wildman–Crippen LogP) is 1.94. The second-order valence-corrected chi connectivity index (χ2v) is 4.61. The number of nitrogens with one attached hydrogen (secondary N) is 1. The van der Waals surface area contributed by atoms with Crippen molar-refractivity contribution in [2.24, 2.45) is 0 Å². The van der Waals surface area contributed by atoms with Gasteiger partial charge >= 0.3 is 0 Å². The van der Waals surface area contributed by atoms with Gasteiger partial charge in [-0.05, 0) is 31.5 Å². The standard InChI is InChI=1S/C11H13N3OS/c1-3-13-10(15)7-4-6(2)9-8(5-7)16-11(12)14-9/h4-5H,3H2,1-2H3,(H2,12,14)(H,13,15). The van der Waals surface area contributed by atoms with E-state index in [0.717, 1.165) is 15.8 Å². The van der Waals surface area contributed by atoms with E-state index >= 15 is 0 Å². The van der Waals surface area contributed by atoms with Gasteiger partial charge in [0.1, 0.15) is 0 Å². The number of carbonyl (C=O) groups excluding carboxylic acids is 1. The first-order valence-electron chi connectivity index (χ1n) is 5.06. The molecule has 16 heavy (non-hydrogen) atoms. The molecule has 0 unspecified atom stereocenters. The average molecular weight is 235 g/mol. The summed E-state index contributed by atoms with van der Waals surface area (Å²) in [5.41, 5.74) is 8.18. The van der Waals surface area contributed by atoms with Gasteiger partial charge in [0, 0.05) is 12.1 Å². The summed E-state index contributed by atoms with van der Waals surface area (Å²) >= 11 is 1.40. The Labute approximate surface area is 97.5 Å². The molecule has 1 aromatic heterocycles. The Balaban J connectivity index is 2.53.